The predicted octanol–water partition coefficient (Wildman–Crippen LogP) is 0.623. The fourth-order valence-corrected chi connectivity index (χ4v) is 1.32. The summed E-state index contributed by atoms with van der Waals surface area (Å²) < 4.78 is 0. The second-order valence-corrected chi connectivity index (χ2v) is 3.96. The number of carboxylic acids is 1. The average Bonchev–Trinajstić information content (AvgIpc) is 2.17. The van der Waals surface area contributed by atoms with Crippen molar-refractivity contribution in [1.82, 2.24) is 5.32 Å². The first-order valence-electron chi connectivity index (χ1n) is 5.30. The van der Waals surface area contributed by atoms with Gasteiger partial charge < -0.3 is 10.4 Å². The summed E-state index contributed by atoms with van der Waals surface area (Å²) in [5.74, 6) is -1.35. The zero-order valence-corrected chi connectivity index (χ0v) is 9.95. The van der Waals surface area contributed by atoms with E-state index in [1.807, 2.05) is 0 Å². The maximum atomic E-state index is 11.7. The highest BCUT2D eigenvalue weighted by molar-refractivity contribution is 5.89. The van der Waals surface area contributed by atoms with Crippen LogP contribution in [0.25, 0.3) is 0 Å². The number of nitrogens with one attached hydrogen (secondary N) is 1. The molecule has 0 aliphatic rings. The Kier molecular flexibility index (Phi) is 6.56. The minimum atomic E-state index is -0.923. The van der Waals surface area contributed by atoms with Crippen LogP contribution in [0.1, 0.15) is 33.1 Å². The van der Waals surface area contributed by atoms with Crippen LogP contribution in [0.5, 0.6) is 0 Å². The van der Waals surface area contributed by atoms with Crippen molar-refractivity contribution < 1.29 is 19.5 Å². The van der Waals surface area contributed by atoms with Gasteiger partial charge in [0, 0.05) is 18.8 Å². The molecule has 0 aliphatic heterocycles. The Labute approximate surface area is 95.2 Å². The van der Waals surface area contributed by atoms with E-state index in [1.165, 1.54) is 6.92 Å². The van der Waals surface area contributed by atoms with Gasteiger partial charge in [0.1, 0.15) is 11.6 Å². The highest BCUT2D eigenvalue weighted by Gasteiger charge is 2.21. The number of rotatable bonds is 8. The zero-order chi connectivity index (χ0) is 12.7. The molecule has 92 valence electrons. The molecule has 5 nitrogen and oxygen atoms in total. The molecule has 0 saturated carbocycles. The Bertz CT molecular complexity index is 275. The van der Waals surface area contributed by atoms with E-state index in [4.69, 9.17) is 5.11 Å². The molecule has 0 aliphatic carbocycles. The topological polar surface area (TPSA) is 83.5 Å². The molecule has 0 rings (SSSR count). The fourth-order valence-electron chi connectivity index (χ4n) is 1.32. The van der Waals surface area contributed by atoms with Crippen LogP contribution in [-0.4, -0.2) is 35.7 Å². The standard InChI is InChI=1S/C11H19NO4/c1-7(8(2)13)6-10(14)9(12-3)4-5-11(15)16/h7,9,12H,4-6H2,1-3H3,(H,15,16)/t7-,9+/m1/s1. The van der Waals surface area contributed by atoms with Crippen LogP contribution >= 0.6 is 0 Å². The van der Waals surface area contributed by atoms with Gasteiger partial charge in [0.15, 0.2) is 0 Å². The predicted molar refractivity (Wildman–Crippen MR) is 59.2 cm³/mol. The third-order valence-electron chi connectivity index (χ3n) is 2.59. The second-order valence-electron chi connectivity index (χ2n) is 3.96. The van der Waals surface area contributed by atoms with Gasteiger partial charge in [-0.1, -0.05) is 6.92 Å². The molecule has 0 unspecified atom stereocenters. The van der Waals surface area contributed by atoms with Crippen LogP contribution in [0.4, 0.5) is 0 Å². The van der Waals surface area contributed by atoms with Crippen LogP contribution in [-0.2, 0) is 14.4 Å². The van der Waals surface area contributed by atoms with Gasteiger partial charge in [-0.25, -0.2) is 0 Å². The van der Waals surface area contributed by atoms with Crippen molar-refractivity contribution in [1.29, 1.82) is 0 Å². The number of Topliss-reactive ketones (excluding diaryl/α,β-unsaturated/α-hetero) is 2. The lowest BCUT2D eigenvalue weighted by atomic mass is 9.95. The van der Waals surface area contributed by atoms with Gasteiger partial charge in [0.25, 0.3) is 0 Å². The zero-order valence-electron chi connectivity index (χ0n) is 9.95. The van der Waals surface area contributed by atoms with E-state index in [-0.39, 0.29) is 36.7 Å². The molecule has 16 heavy (non-hydrogen) atoms. The molecule has 0 spiro atoms. The lowest BCUT2D eigenvalue weighted by molar-refractivity contribution is -0.137. The summed E-state index contributed by atoms with van der Waals surface area (Å²) in [6, 6.07) is -0.474. The van der Waals surface area contributed by atoms with Crippen molar-refractivity contribution in [2.75, 3.05) is 7.05 Å². The van der Waals surface area contributed by atoms with Crippen molar-refractivity contribution in [2.24, 2.45) is 5.92 Å². The maximum absolute atomic E-state index is 11.7. The lowest BCUT2D eigenvalue weighted by Gasteiger charge is -2.15. The Balaban J connectivity index is 4.20. The van der Waals surface area contributed by atoms with E-state index in [2.05, 4.69) is 5.32 Å². The quantitative estimate of drug-likeness (QED) is 0.637. The van der Waals surface area contributed by atoms with Crippen LogP contribution < -0.4 is 5.32 Å². The summed E-state index contributed by atoms with van der Waals surface area (Å²) >= 11 is 0. The summed E-state index contributed by atoms with van der Waals surface area (Å²) in [7, 11) is 1.61. The molecule has 2 N–H and O–H groups in total. The Morgan fingerprint density at radius 2 is 1.88 bits per heavy atom. The number of carbonyl (C=O) groups is 3. The van der Waals surface area contributed by atoms with Crippen molar-refractivity contribution in [3.8, 4) is 0 Å². The second kappa shape index (κ2) is 7.11. The smallest absolute Gasteiger partial charge is 0.303 e. The summed E-state index contributed by atoms with van der Waals surface area (Å²) in [6.07, 6.45) is 0.376. The molecule has 2 atom stereocenters. The fraction of sp³-hybridized carbons (Fsp3) is 0.727. The minimum Gasteiger partial charge on any atom is -0.481 e. The van der Waals surface area contributed by atoms with Crippen LogP contribution in [0.15, 0.2) is 0 Å². The molecule has 0 aromatic rings. The van der Waals surface area contributed by atoms with Gasteiger partial charge in [-0.15, -0.1) is 0 Å². The first-order valence-corrected chi connectivity index (χ1v) is 5.30. The number of carbonyl (C=O) groups excluding carboxylic acids is 2. The van der Waals surface area contributed by atoms with Crippen molar-refractivity contribution >= 4 is 17.5 Å². The number of carboxylic acid groups (broad SMARTS) is 1. The van der Waals surface area contributed by atoms with E-state index >= 15 is 0 Å². The van der Waals surface area contributed by atoms with E-state index in [0.717, 1.165) is 0 Å². The molecular weight excluding hydrogens is 210 g/mol. The van der Waals surface area contributed by atoms with Gasteiger partial charge >= 0.3 is 5.97 Å². The largest absolute Gasteiger partial charge is 0.481 e. The number of hydrogen-bond donors (Lipinski definition) is 2. The molecule has 0 bridgehead atoms. The first-order chi connectivity index (χ1) is 7.38. The van der Waals surface area contributed by atoms with Crippen molar-refractivity contribution in [3.05, 3.63) is 0 Å². The molecule has 0 saturated heterocycles. The maximum Gasteiger partial charge on any atom is 0.303 e. The van der Waals surface area contributed by atoms with Gasteiger partial charge in [-0.2, -0.15) is 0 Å². The number of likely N-dealkylation sites (N-methyl/N-ethyl adjacent to an activating group) is 1. The average molecular weight is 229 g/mol. The van der Waals surface area contributed by atoms with E-state index in [1.54, 1.807) is 14.0 Å². The first kappa shape index (κ1) is 14.8. The molecule has 5 heteroatoms. The summed E-state index contributed by atoms with van der Waals surface area (Å²) in [5.41, 5.74) is 0. The van der Waals surface area contributed by atoms with Crippen LogP contribution in [0.2, 0.25) is 0 Å². The molecule has 0 radical (unpaired) electrons. The summed E-state index contributed by atoms with van der Waals surface area (Å²) in [4.78, 5) is 33.1. The lowest BCUT2D eigenvalue weighted by Crippen LogP contribution is -2.36. The molecule has 0 aromatic heterocycles. The number of hydrogen-bond acceptors (Lipinski definition) is 4. The third-order valence-corrected chi connectivity index (χ3v) is 2.59. The summed E-state index contributed by atoms with van der Waals surface area (Å²) in [5, 5.41) is 11.3. The molecule has 0 aromatic carbocycles. The number of aliphatic carboxylic acids is 1. The third kappa shape index (κ3) is 5.60. The van der Waals surface area contributed by atoms with Crippen LogP contribution in [0, 0.1) is 5.92 Å². The van der Waals surface area contributed by atoms with E-state index in [9.17, 15) is 14.4 Å². The molecular formula is C11H19NO4. The Morgan fingerprint density at radius 1 is 1.31 bits per heavy atom. The highest BCUT2D eigenvalue weighted by atomic mass is 16.4. The van der Waals surface area contributed by atoms with Crippen molar-refractivity contribution in [3.63, 3.8) is 0 Å². The Hall–Kier alpha value is -1.23. The highest BCUT2D eigenvalue weighted by Crippen LogP contribution is 2.09. The molecule has 0 amide bonds. The van der Waals surface area contributed by atoms with Crippen LogP contribution in [0.3, 0.4) is 0 Å². The SMILES string of the molecule is CN[C@@H](CCC(=O)O)C(=O)C[C@@H](C)C(C)=O. The normalized spacial score (nSPS) is 14.2. The molecule has 0 heterocycles. The summed E-state index contributed by atoms with van der Waals surface area (Å²) in [6.45, 7) is 3.15. The van der Waals surface area contributed by atoms with Gasteiger partial charge in [-0.05, 0) is 20.4 Å². The minimum absolute atomic E-state index is 0.0264. The number of ketones is 2. The monoisotopic (exact) mass is 229 g/mol. The van der Waals surface area contributed by atoms with E-state index in [0.29, 0.717) is 0 Å². The molecule has 0 fully saturated rings. The Morgan fingerprint density at radius 3 is 2.25 bits per heavy atom. The van der Waals surface area contributed by atoms with Gasteiger partial charge in [0.2, 0.25) is 0 Å². The van der Waals surface area contributed by atoms with Crippen molar-refractivity contribution in [2.45, 2.75) is 39.2 Å². The van der Waals surface area contributed by atoms with E-state index < -0.39 is 12.0 Å². The van der Waals surface area contributed by atoms with Gasteiger partial charge in [-0.3, -0.25) is 14.4 Å². The van der Waals surface area contributed by atoms with Gasteiger partial charge in [0.05, 0.1) is 6.04 Å².